The highest BCUT2D eigenvalue weighted by atomic mass is 35.5. The van der Waals surface area contributed by atoms with E-state index in [0.717, 1.165) is 0 Å². The van der Waals surface area contributed by atoms with E-state index in [0.29, 0.717) is 11.4 Å². The van der Waals surface area contributed by atoms with Crippen molar-refractivity contribution in [1.29, 1.82) is 0 Å². The van der Waals surface area contributed by atoms with Gasteiger partial charge in [0.25, 0.3) is 0 Å². The number of carbonyl (C=O) groups is 2. The molecule has 9 heteroatoms. The molecule has 0 atom stereocenters. The molecule has 0 saturated carbocycles. The van der Waals surface area contributed by atoms with E-state index in [9.17, 15) is 14.0 Å². The fourth-order valence-electron chi connectivity index (χ4n) is 2.23. The Morgan fingerprint density at radius 2 is 1.83 bits per heavy atom. The number of carbonyl (C=O) groups excluding carboxylic acids is 2. The summed E-state index contributed by atoms with van der Waals surface area (Å²) in [4.78, 5) is 28.8. The molecule has 0 aliphatic heterocycles. The third-order valence-electron chi connectivity index (χ3n) is 3.61. The zero-order valence-electron chi connectivity index (χ0n) is 16.4. The smallest absolute Gasteiger partial charge is 0.356 e. The molecule has 1 heterocycles. The molecule has 2 N–H and O–H groups in total. The number of rotatable bonds is 9. The summed E-state index contributed by atoms with van der Waals surface area (Å²) in [5.74, 6) is -1.84. The number of hydrogen-bond donors (Lipinski definition) is 2. The molecule has 1 aromatic heterocycles. The van der Waals surface area contributed by atoms with Crippen LogP contribution in [0.1, 0.15) is 19.5 Å². The minimum absolute atomic E-state index is 0.00460. The maximum absolute atomic E-state index is 13.3. The molecule has 0 aliphatic rings. The highest BCUT2D eigenvalue weighted by Crippen LogP contribution is 2.19. The first-order valence-electron chi connectivity index (χ1n) is 9.10. The van der Waals surface area contributed by atoms with E-state index in [2.05, 4.69) is 15.6 Å². The van der Waals surface area contributed by atoms with Crippen molar-refractivity contribution in [3.05, 3.63) is 77.2 Å². The molecule has 0 radical (unpaired) electrons. The number of anilines is 1. The second-order valence-electron chi connectivity index (χ2n) is 5.69. The van der Waals surface area contributed by atoms with Crippen LogP contribution in [0, 0.1) is 5.82 Å². The number of ether oxygens (including phenoxy) is 2. The molecule has 158 valence electrons. The average molecular weight is 434 g/mol. The molecular weight excluding hydrogens is 413 g/mol. The van der Waals surface area contributed by atoms with Crippen molar-refractivity contribution in [2.75, 3.05) is 18.5 Å². The van der Waals surface area contributed by atoms with E-state index in [1.807, 2.05) is 0 Å². The van der Waals surface area contributed by atoms with Crippen molar-refractivity contribution in [2.24, 2.45) is 0 Å². The topological polar surface area (TPSA) is 89.6 Å². The van der Waals surface area contributed by atoms with Crippen molar-refractivity contribution in [2.45, 2.75) is 13.8 Å². The third kappa shape index (κ3) is 6.59. The summed E-state index contributed by atoms with van der Waals surface area (Å²) in [5.41, 5.74) is 0.932. The van der Waals surface area contributed by atoms with Crippen LogP contribution in [0.15, 0.2) is 60.7 Å². The van der Waals surface area contributed by atoms with Gasteiger partial charge in [-0.2, -0.15) is 0 Å². The first-order chi connectivity index (χ1) is 14.5. The Hall–Kier alpha value is -3.39. The first-order valence-corrected chi connectivity index (χ1v) is 9.48. The van der Waals surface area contributed by atoms with Crippen LogP contribution in [0.4, 0.5) is 10.1 Å². The van der Waals surface area contributed by atoms with Gasteiger partial charge in [0.1, 0.15) is 17.1 Å². The van der Waals surface area contributed by atoms with Crippen LogP contribution in [-0.2, 0) is 19.1 Å². The lowest BCUT2D eigenvalue weighted by atomic mass is 10.2. The Balaban J connectivity index is 2.31. The summed E-state index contributed by atoms with van der Waals surface area (Å²) in [6, 6.07) is 9.07. The highest BCUT2D eigenvalue weighted by molar-refractivity contribution is 6.31. The quantitative estimate of drug-likeness (QED) is 0.458. The van der Waals surface area contributed by atoms with E-state index in [1.165, 1.54) is 36.8 Å². The van der Waals surface area contributed by atoms with E-state index >= 15 is 0 Å². The summed E-state index contributed by atoms with van der Waals surface area (Å²) in [6.45, 7) is 3.67. The second kappa shape index (κ2) is 11.6. The second-order valence-corrected chi connectivity index (χ2v) is 6.10. The number of nitrogens with zero attached hydrogens (tertiary/aromatic N) is 1. The average Bonchev–Trinajstić information content (AvgIpc) is 2.74. The summed E-state index contributed by atoms with van der Waals surface area (Å²) in [6.07, 6.45) is 4.16. The van der Waals surface area contributed by atoms with Crippen LogP contribution in [0.3, 0.4) is 0 Å². The molecule has 2 rings (SSSR count). The van der Waals surface area contributed by atoms with Crippen LogP contribution in [-0.4, -0.2) is 30.1 Å². The lowest BCUT2D eigenvalue weighted by Gasteiger charge is -2.11. The molecule has 0 spiro atoms. The molecule has 2 aromatic rings. The van der Waals surface area contributed by atoms with Crippen molar-refractivity contribution >= 4 is 34.8 Å². The third-order valence-corrected chi connectivity index (χ3v) is 3.90. The number of esters is 2. The van der Waals surface area contributed by atoms with Gasteiger partial charge in [0, 0.05) is 24.3 Å². The van der Waals surface area contributed by atoms with Crippen LogP contribution >= 0.6 is 11.6 Å². The van der Waals surface area contributed by atoms with Crippen molar-refractivity contribution in [1.82, 2.24) is 10.3 Å². The Morgan fingerprint density at radius 3 is 2.47 bits per heavy atom. The fourth-order valence-corrected chi connectivity index (χ4v) is 2.41. The van der Waals surface area contributed by atoms with Gasteiger partial charge >= 0.3 is 11.9 Å². The monoisotopic (exact) mass is 433 g/mol. The van der Waals surface area contributed by atoms with Gasteiger partial charge in [0.2, 0.25) is 0 Å². The van der Waals surface area contributed by atoms with Crippen LogP contribution in [0.5, 0.6) is 0 Å². The molecule has 1 aromatic carbocycles. The van der Waals surface area contributed by atoms with Gasteiger partial charge in [-0.25, -0.2) is 14.0 Å². The highest BCUT2D eigenvalue weighted by Gasteiger charge is 2.16. The van der Waals surface area contributed by atoms with Crippen LogP contribution in [0.25, 0.3) is 5.57 Å². The number of halogens is 2. The van der Waals surface area contributed by atoms with E-state index in [1.54, 1.807) is 32.0 Å². The Morgan fingerprint density at radius 1 is 1.10 bits per heavy atom. The van der Waals surface area contributed by atoms with Gasteiger partial charge in [-0.3, -0.25) is 4.98 Å². The maximum atomic E-state index is 13.3. The van der Waals surface area contributed by atoms with E-state index in [4.69, 9.17) is 21.1 Å². The normalized spacial score (nSPS) is 11.6. The first kappa shape index (κ1) is 22.9. The Labute approximate surface area is 178 Å². The summed E-state index contributed by atoms with van der Waals surface area (Å²) < 4.78 is 23.4. The van der Waals surface area contributed by atoms with Crippen molar-refractivity contribution in [3.63, 3.8) is 0 Å². The zero-order chi connectivity index (χ0) is 21.9. The molecule has 0 fully saturated rings. The molecule has 30 heavy (non-hydrogen) atoms. The molecule has 0 amide bonds. The molecule has 0 saturated heterocycles. The summed E-state index contributed by atoms with van der Waals surface area (Å²) in [5, 5.41) is 5.51. The zero-order valence-corrected chi connectivity index (χ0v) is 17.2. The molecule has 0 bridgehead atoms. The minimum atomic E-state index is -0.668. The largest absolute Gasteiger partial charge is 0.462 e. The van der Waals surface area contributed by atoms with Crippen LogP contribution in [0.2, 0.25) is 5.02 Å². The predicted octanol–water partition coefficient (Wildman–Crippen LogP) is 3.88. The van der Waals surface area contributed by atoms with Crippen molar-refractivity contribution in [3.8, 4) is 0 Å². The Kier molecular flexibility index (Phi) is 8.83. The number of benzene rings is 1. The van der Waals surface area contributed by atoms with Gasteiger partial charge < -0.3 is 20.1 Å². The van der Waals surface area contributed by atoms with Gasteiger partial charge in [0.05, 0.1) is 23.9 Å². The molecule has 0 unspecified atom stereocenters. The number of hydrogen-bond acceptors (Lipinski definition) is 7. The van der Waals surface area contributed by atoms with Gasteiger partial charge in [-0.05, 0) is 44.2 Å². The maximum Gasteiger partial charge on any atom is 0.356 e. The number of pyridine rings is 1. The van der Waals surface area contributed by atoms with Gasteiger partial charge in [-0.15, -0.1) is 0 Å². The molecule has 7 nitrogen and oxygen atoms in total. The number of aromatic nitrogens is 1. The molecule has 0 aliphatic carbocycles. The van der Waals surface area contributed by atoms with E-state index in [-0.39, 0.29) is 29.5 Å². The number of nitrogens with one attached hydrogen (secondary N) is 2. The minimum Gasteiger partial charge on any atom is -0.462 e. The lowest BCUT2D eigenvalue weighted by molar-refractivity contribution is -0.139. The standard InChI is InChI=1S/C21H21ClFN3O4/c1-3-29-20(27)15(18-7-5-6-10-24-18)12-26-19(21(28)30-4-2)13-25-14-8-9-17(23)16(22)11-14/h5-13,25-26H,3-4H2,1-2H3/b15-12-,19-13+. The van der Waals surface area contributed by atoms with Gasteiger partial charge in [0.15, 0.2) is 0 Å². The summed E-state index contributed by atoms with van der Waals surface area (Å²) in [7, 11) is 0. The van der Waals surface area contributed by atoms with Crippen molar-refractivity contribution < 1.29 is 23.5 Å². The molecular formula is C21H21ClFN3O4. The lowest BCUT2D eigenvalue weighted by Crippen LogP contribution is -2.21. The van der Waals surface area contributed by atoms with E-state index < -0.39 is 17.8 Å². The summed E-state index contributed by atoms with van der Waals surface area (Å²) >= 11 is 5.77. The Bertz CT molecular complexity index is 949. The predicted molar refractivity (Wildman–Crippen MR) is 112 cm³/mol. The fraction of sp³-hybridized carbons (Fsp3) is 0.190. The van der Waals surface area contributed by atoms with Gasteiger partial charge in [-0.1, -0.05) is 17.7 Å². The van der Waals surface area contributed by atoms with Crippen LogP contribution < -0.4 is 10.6 Å². The SMILES string of the molecule is CCOC(=O)/C(=C\N/C(=C/Nc1ccc(F)c(Cl)c1)C(=O)OCC)c1ccccn1.